The molecule has 2 aliphatic rings. The summed E-state index contributed by atoms with van der Waals surface area (Å²) < 4.78 is 11.7. The zero-order valence-electron chi connectivity index (χ0n) is 17.8. The second kappa shape index (κ2) is 8.78. The second-order valence-corrected chi connectivity index (χ2v) is 8.84. The first-order chi connectivity index (χ1) is 14.5. The topological polar surface area (TPSA) is 59.0 Å². The van der Waals surface area contributed by atoms with Crippen LogP contribution >= 0.6 is 0 Å². The van der Waals surface area contributed by atoms with Crippen LogP contribution in [-0.2, 0) is 21.6 Å². The molecule has 0 spiro atoms. The summed E-state index contributed by atoms with van der Waals surface area (Å²) in [7, 11) is 2.17. The van der Waals surface area contributed by atoms with Gasteiger partial charge >= 0.3 is 5.97 Å². The van der Waals surface area contributed by atoms with Gasteiger partial charge in [0.15, 0.2) is 0 Å². The lowest BCUT2D eigenvalue weighted by Gasteiger charge is -2.37. The molecule has 0 saturated carbocycles. The number of hydrogen-bond acceptors (Lipinski definition) is 5. The van der Waals surface area contributed by atoms with Gasteiger partial charge in [0.2, 0.25) is 0 Å². The van der Waals surface area contributed by atoms with Crippen LogP contribution in [0.3, 0.4) is 0 Å². The van der Waals surface area contributed by atoms with Crippen molar-refractivity contribution >= 4 is 5.97 Å². The maximum atomic E-state index is 13.0. The van der Waals surface area contributed by atoms with E-state index in [0.29, 0.717) is 18.7 Å². The third-order valence-corrected chi connectivity index (χ3v) is 6.84. The van der Waals surface area contributed by atoms with Crippen molar-refractivity contribution in [3.05, 3.63) is 65.7 Å². The lowest BCUT2D eigenvalue weighted by atomic mass is 9.83. The summed E-state index contributed by atoms with van der Waals surface area (Å²) in [5, 5.41) is 10.1. The van der Waals surface area contributed by atoms with E-state index in [1.807, 2.05) is 54.6 Å². The summed E-state index contributed by atoms with van der Waals surface area (Å²) in [5.74, 6) is 0.375. The predicted octanol–water partition coefficient (Wildman–Crippen LogP) is 3.68. The number of aliphatic hydroxyl groups is 1. The van der Waals surface area contributed by atoms with Crippen molar-refractivity contribution in [3.8, 4) is 5.75 Å². The molecular weight excluding hydrogens is 378 g/mol. The molecule has 0 amide bonds. The molecule has 160 valence electrons. The Morgan fingerprint density at radius 1 is 1.07 bits per heavy atom. The average molecular weight is 410 g/mol. The number of carbonyl (C=O) groups is 1. The fraction of sp³-hybridized carbons (Fsp3) is 0.480. The highest BCUT2D eigenvalue weighted by atomic mass is 16.5. The van der Waals surface area contributed by atoms with Gasteiger partial charge in [0.25, 0.3) is 0 Å². The lowest BCUT2D eigenvalue weighted by molar-refractivity contribution is -0.160. The van der Waals surface area contributed by atoms with E-state index in [2.05, 4.69) is 11.9 Å². The molecule has 0 aromatic heterocycles. The molecule has 2 saturated heterocycles. The van der Waals surface area contributed by atoms with Crippen LogP contribution in [0, 0.1) is 0 Å². The maximum Gasteiger partial charge on any atom is 0.318 e. The Balaban J connectivity index is 1.39. The number of hydrogen-bond donors (Lipinski definition) is 1. The first-order valence-electron chi connectivity index (χ1n) is 10.8. The minimum atomic E-state index is -1.08. The van der Waals surface area contributed by atoms with Gasteiger partial charge in [0, 0.05) is 12.1 Å². The van der Waals surface area contributed by atoms with Crippen molar-refractivity contribution in [2.45, 2.75) is 62.8 Å². The molecule has 1 N–H and O–H groups in total. The number of piperidine rings is 1. The summed E-state index contributed by atoms with van der Waals surface area (Å²) in [4.78, 5) is 15.5. The highest BCUT2D eigenvalue weighted by Crippen LogP contribution is 2.37. The zero-order chi connectivity index (χ0) is 21.1. The molecule has 2 bridgehead atoms. The van der Waals surface area contributed by atoms with Crippen LogP contribution < -0.4 is 4.74 Å². The molecule has 30 heavy (non-hydrogen) atoms. The molecule has 2 unspecified atom stereocenters. The van der Waals surface area contributed by atoms with Gasteiger partial charge < -0.3 is 19.5 Å². The summed E-state index contributed by atoms with van der Waals surface area (Å²) in [6.45, 7) is 1.94. The maximum absolute atomic E-state index is 13.0. The minimum Gasteiger partial charge on any atom is -0.489 e. The smallest absolute Gasteiger partial charge is 0.318 e. The van der Waals surface area contributed by atoms with Crippen LogP contribution in [0.5, 0.6) is 5.75 Å². The Bertz CT molecular complexity index is 839. The van der Waals surface area contributed by atoms with E-state index in [4.69, 9.17) is 9.47 Å². The third-order valence-electron chi connectivity index (χ3n) is 6.84. The number of rotatable bonds is 7. The van der Waals surface area contributed by atoms with E-state index in [1.54, 1.807) is 6.92 Å². The van der Waals surface area contributed by atoms with Crippen LogP contribution in [0.1, 0.15) is 43.7 Å². The first kappa shape index (κ1) is 20.9. The molecular formula is C25H31NO4. The van der Waals surface area contributed by atoms with Crippen molar-refractivity contribution in [1.82, 2.24) is 4.90 Å². The Hall–Kier alpha value is -2.37. The van der Waals surface area contributed by atoms with Gasteiger partial charge in [-0.3, -0.25) is 4.79 Å². The Morgan fingerprint density at radius 2 is 1.70 bits per heavy atom. The molecule has 0 radical (unpaired) electrons. The Morgan fingerprint density at radius 3 is 2.30 bits per heavy atom. The molecule has 2 aliphatic heterocycles. The van der Waals surface area contributed by atoms with E-state index >= 15 is 0 Å². The van der Waals surface area contributed by atoms with E-state index in [0.717, 1.165) is 29.7 Å². The van der Waals surface area contributed by atoms with Gasteiger partial charge in [0.05, 0.1) is 6.61 Å². The van der Waals surface area contributed by atoms with Crippen LogP contribution in [0.25, 0.3) is 0 Å². The largest absolute Gasteiger partial charge is 0.489 e. The number of aliphatic hydroxyl groups excluding tert-OH is 1. The summed E-state index contributed by atoms with van der Waals surface area (Å²) in [6.07, 6.45) is 4.05. The monoisotopic (exact) mass is 409 g/mol. The van der Waals surface area contributed by atoms with Gasteiger partial charge in [0.1, 0.15) is 23.9 Å². The number of esters is 1. The highest BCUT2D eigenvalue weighted by molar-refractivity contribution is 5.83. The number of ether oxygens (including phenoxy) is 2. The lowest BCUT2D eigenvalue weighted by Crippen LogP contribution is -2.46. The third kappa shape index (κ3) is 4.23. The Kier molecular flexibility index (Phi) is 6.11. The summed E-state index contributed by atoms with van der Waals surface area (Å²) in [6, 6.07) is 18.3. The van der Waals surface area contributed by atoms with Crippen molar-refractivity contribution in [3.63, 3.8) is 0 Å². The van der Waals surface area contributed by atoms with Gasteiger partial charge in [-0.05, 0) is 62.9 Å². The standard InChI is InChI=1S/C25H31NO4/c1-25(17-27,24(28)30-23-14-20-10-11-21(15-23)26(20)2)19-8-12-22(13-9-19)29-16-18-6-4-3-5-7-18/h3-9,12-13,20-21,23,27H,10-11,14-17H2,1-2H3/t20-,21+,23?,25?. The van der Waals surface area contributed by atoms with E-state index in [-0.39, 0.29) is 18.7 Å². The molecule has 2 aromatic carbocycles. The van der Waals surface area contributed by atoms with Crippen molar-refractivity contribution in [2.75, 3.05) is 13.7 Å². The quantitative estimate of drug-likeness (QED) is 0.707. The van der Waals surface area contributed by atoms with Crippen LogP contribution in [-0.4, -0.2) is 47.8 Å². The molecule has 0 aliphatic carbocycles. The number of fused-ring (bicyclic) bond motifs is 2. The zero-order valence-corrected chi connectivity index (χ0v) is 17.8. The van der Waals surface area contributed by atoms with Gasteiger partial charge in [-0.2, -0.15) is 0 Å². The number of nitrogens with zero attached hydrogens (tertiary/aromatic N) is 1. The summed E-state index contributed by atoms with van der Waals surface area (Å²) >= 11 is 0. The van der Waals surface area contributed by atoms with Gasteiger partial charge in [-0.25, -0.2) is 0 Å². The van der Waals surface area contributed by atoms with E-state index in [1.165, 1.54) is 12.8 Å². The van der Waals surface area contributed by atoms with E-state index < -0.39 is 5.41 Å². The molecule has 5 heteroatoms. The molecule has 2 aromatic rings. The molecule has 4 atom stereocenters. The van der Waals surface area contributed by atoms with Crippen molar-refractivity contribution in [2.24, 2.45) is 0 Å². The second-order valence-electron chi connectivity index (χ2n) is 8.84. The normalized spacial score (nSPS) is 25.5. The first-order valence-corrected chi connectivity index (χ1v) is 10.8. The summed E-state index contributed by atoms with van der Waals surface area (Å²) in [5.41, 5.74) is 0.746. The molecule has 2 fully saturated rings. The average Bonchev–Trinajstić information content (AvgIpc) is 2.98. The molecule has 2 heterocycles. The minimum absolute atomic E-state index is 0.0643. The predicted molar refractivity (Wildman–Crippen MR) is 115 cm³/mol. The Labute approximate surface area is 178 Å². The van der Waals surface area contributed by atoms with Crippen molar-refractivity contribution < 1.29 is 19.4 Å². The van der Waals surface area contributed by atoms with Gasteiger partial charge in [-0.15, -0.1) is 0 Å². The molecule has 5 nitrogen and oxygen atoms in total. The van der Waals surface area contributed by atoms with Crippen molar-refractivity contribution in [1.29, 1.82) is 0 Å². The fourth-order valence-electron chi connectivity index (χ4n) is 4.67. The van der Waals surface area contributed by atoms with Crippen LogP contribution in [0.4, 0.5) is 0 Å². The number of benzene rings is 2. The van der Waals surface area contributed by atoms with Gasteiger partial charge in [-0.1, -0.05) is 42.5 Å². The fourth-order valence-corrected chi connectivity index (χ4v) is 4.67. The number of carbonyl (C=O) groups excluding carboxylic acids is 1. The SMILES string of the molecule is CN1[C@@H]2CC[C@H]1CC(OC(=O)C(C)(CO)c1ccc(OCc3ccccc3)cc1)C2. The van der Waals surface area contributed by atoms with E-state index in [9.17, 15) is 9.90 Å². The molecule has 4 rings (SSSR count). The highest BCUT2D eigenvalue weighted by Gasteiger charge is 2.43. The van der Waals surface area contributed by atoms with Crippen LogP contribution in [0.2, 0.25) is 0 Å². The van der Waals surface area contributed by atoms with Crippen LogP contribution in [0.15, 0.2) is 54.6 Å².